The minimum atomic E-state index is -0.897. The molecule has 0 radical (unpaired) electrons. The quantitative estimate of drug-likeness (QED) is 0.884. The molecule has 3 rings (SSSR count). The Morgan fingerprint density at radius 1 is 1.26 bits per heavy atom. The maximum absolute atomic E-state index is 12.4. The van der Waals surface area contributed by atoms with Gasteiger partial charge in [-0.3, -0.25) is 19.5 Å². The van der Waals surface area contributed by atoms with E-state index in [2.05, 4.69) is 5.10 Å². The van der Waals surface area contributed by atoms with E-state index in [1.54, 1.807) is 12.1 Å². The summed E-state index contributed by atoms with van der Waals surface area (Å²) < 4.78 is 1.30. The average Bonchev–Trinajstić information content (AvgIpc) is 3.14. The number of amides is 1. The SMILES string of the molecule is Cc1ccc(-n2[nH]c(C(=O)N3CC[C@H](C(=O)O)C3)cc2=O)cc1. The highest BCUT2D eigenvalue weighted by atomic mass is 16.4. The van der Waals surface area contributed by atoms with Crippen molar-refractivity contribution in [3.05, 3.63) is 51.9 Å². The van der Waals surface area contributed by atoms with E-state index in [0.29, 0.717) is 18.7 Å². The van der Waals surface area contributed by atoms with Gasteiger partial charge in [-0.1, -0.05) is 17.7 Å². The van der Waals surface area contributed by atoms with Crippen molar-refractivity contribution in [3.8, 4) is 5.69 Å². The highest BCUT2D eigenvalue weighted by molar-refractivity contribution is 5.93. The molecule has 1 aromatic heterocycles. The van der Waals surface area contributed by atoms with Gasteiger partial charge in [-0.05, 0) is 25.5 Å². The van der Waals surface area contributed by atoms with Crippen LogP contribution in [0.15, 0.2) is 35.1 Å². The van der Waals surface area contributed by atoms with E-state index in [1.165, 1.54) is 15.6 Å². The van der Waals surface area contributed by atoms with Gasteiger partial charge in [-0.25, -0.2) is 4.68 Å². The van der Waals surface area contributed by atoms with Crippen LogP contribution >= 0.6 is 0 Å². The normalized spacial score (nSPS) is 17.4. The zero-order valence-corrected chi connectivity index (χ0v) is 12.7. The van der Waals surface area contributed by atoms with E-state index < -0.39 is 11.9 Å². The third-order valence-electron chi connectivity index (χ3n) is 4.07. The summed E-state index contributed by atoms with van der Waals surface area (Å²) in [6, 6.07) is 8.58. The van der Waals surface area contributed by atoms with Gasteiger partial charge in [0.15, 0.2) is 0 Å². The summed E-state index contributed by atoms with van der Waals surface area (Å²) in [5.41, 5.74) is 1.55. The Hall–Kier alpha value is -2.83. The number of H-pyrrole nitrogens is 1. The number of aromatic amines is 1. The molecule has 0 spiro atoms. The molecule has 2 aromatic rings. The minimum absolute atomic E-state index is 0.168. The van der Waals surface area contributed by atoms with Crippen LogP contribution in [0.1, 0.15) is 22.5 Å². The first-order valence-electron chi connectivity index (χ1n) is 7.37. The second-order valence-corrected chi connectivity index (χ2v) is 5.75. The Morgan fingerprint density at radius 2 is 1.96 bits per heavy atom. The maximum atomic E-state index is 12.4. The van der Waals surface area contributed by atoms with E-state index in [1.807, 2.05) is 19.1 Å². The number of nitrogens with zero attached hydrogens (tertiary/aromatic N) is 2. The number of carbonyl (C=O) groups is 2. The molecule has 2 heterocycles. The van der Waals surface area contributed by atoms with E-state index in [-0.39, 0.29) is 23.7 Å². The van der Waals surface area contributed by atoms with Crippen LogP contribution in [-0.2, 0) is 4.79 Å². The Morgan fingerprint density at radius 3 is 2.57 bits per heavy atom. The molecule has 1 amide bonds. The van der Waals surface area contributed by atoms with E-state index in [4.69, 9.17) is 5.11 Å². The molecule has 1 aromatic carbocycles. The fourth-order valence-electron chi connectivity index (χ4n) is 2.71. The number of benzene rings is 1. The summed E-state index contributed by atoms with van der Waals surface area (Å²) in [6.07, 6.45) is 0.435. The second-order valence-electron chi connectivity index (χ2n) is 5.75. The molecule has 1 aliphatic heterocycles. The first-order valence-corrected chi connectivity index (χ1v) is 7.37. The fraction of sp³-hybridized carbons (Fsp3) is 0.312. The van der Waals surface area contributed by atoms with E-state index >= 15 is 0 Å². The lowest BCUT2D eigenvalue weighted by Gasteiger charge is -2.14. The zero-order chi connectivity index (χ0) is 16.6. The first kappa shape index (κ1) is 15.1. The number of carboxylic acid groups (broad SMARTS) is 1. The molecule has 1 aliphatic rings. The molecule has 7 heteroatoms. The largest absolute Gasteiger partial charge is 0.481 e. The van der Waals surface area contributed by atoms with Gasteiger partial charge in [0.05, 0.1) is 11.6 Å². The number of hydrogen-bond donors (Lipinski definition) is 2. The van der Waals surface area contributed by atoms with Crippen LogP contribution in [0.25, 0.3) is 5.69 Å². The van der Waals surface area contributed by atoms with E-state index in [0.717, 1.165) is 5.56 Å². The molecule has 1 saturated heterocycles. The molecule has 0 saturated carbocycles. The van der Waals surface area contributed by atoms with Crippen molar-refractivity contribution in [2.75, 3.05) is 13.1 Å². The molecule has 23 heavy (non-hydrogen) atoms. The lowest BCUT2D eigenvalue weighted by Crippen LogP contribution is -2.30. The van der Waals surface area contributed by atoms with Crippen molar-refractivity contribution >= 4 is 11.9 Å². The summed E-state index contributed by atoms with van der Waals surface area (Å²) in [5, 5.41) is 11.8. The number of hydrogen-bond acceptors (Lipinski definition) is 3. The molecule has 0 aliphatic carbocycles. The highest BCUT2D eigenvalue weighted by Gasteiger charge is 2.32. The summed E-state index contributed by atoms with van der Waals surface area (Å²) in [7, 11) is 0. The molecular weight excluding hydrogens is 298 g/mol. The van der Waals surface area contributed by atoms with Gasteiger partial charge in [-0.15, -0.1) is 0 Å². The monoisotopic (exact) mass is 315 g/mol. The Labute approximate surface area is 132 Å². The Bertz CT molecular complexity index is 803. The molecular formula is C16H17N3O4. The predicted molar refractivity (Wildman–Crippen MR) is 82.8 cm³/mol. The number of rotatable bonds is 3. The first-order chi connectivity index (χ1) is 11.0. The van der Waals surface area contributed by atoms with Gasteiger partial charge in [0.1, 0.15) is 5.69 Å². The lowest BCUT2D eigenvalue weighted by molar-refractivity contribution is -0.141. The van der Waals surface area contributed by atoms with Crippen molar-refractivity contribution in [1.82, 2.24) is 14.7 Å². The summed E-state index contributed by atoms with van der Waals surface area (Å²) >= 11 is 0. The number of nitrogens with one attached hydrogen (secondary N) is 1. The summed E-state index contributed by atoms with van der Waals surface area (Å²) in [4.78, 5) is 36.9. The van der Waals surface area contributed by atoms with Crippen molar-refractivity contribution < 1.29 is 14.7 Å². The van der Waals surface area contributed by atoms with Gasteiger partial charge >= 0.3 is 5.97 Å². The van der Waals surface area contributed by atoms with Gasteiger partial charge in [-0.2, -0.15) is 0 Å². The molecule has 1 fully saturated rings. The van der Waals surface area contributed by atoms with Crippen LogP contribution in [-0.4, -0.2) is 44.8 Å². The molecule has 2 N–H and O–H groups in total. The van der Waals surface area contributed by atoms with Gasteiger partial charge in [0.2, 0.25) is 0 Å². The number of carbonyl (C=O) groups excluding carboxylic acids is 1. The van der Waals surface area contributed by atoms with Gasteiger partial charge in [0.25, 0.3) is 11.5 Å². The minimum Gasteiger partial charge on any atom is -0.481 e. The zero-order valence-electron chi connectivity index (χ0n) is 12.7. The smallest absolute Gasteiger partial charge is 0.308 e. The molecule has 120 valence electrons. The van der Waals surface area contributed by atoms with Crippen LogP contribution in [0.3, 0.4) is 0 Å². The Balaban J connectivity index is 1.83. The average molecular weight is 315 g/mol. The van der Waals surface area contributed by atoms with Crippen LogP contribution in [0.5, 0.6) is 0 Å². The van der Waals surface area contributed by atoms with Crippen LogP contribution in [0, 0.1) is 12.8 Å². The summed E-state index contributed by atoms with van der Waals surface area (Å²) in [6.45, 7) is 2.50. The number of aliphatic carboxylic acids is 1. The third kappa shape index (κ3) is 2.90. The van der Waals surface area contributed by atoms with Gasteiger partial charge < -0.3 is 10.0 Å². The van der Waals surface area contributed by atoms with Crippen molar-refractivity contribution in [2.24, 2.45) is 5.92 Å². The van der Waals surface area contributed by atoms with Crippen molar-refractivity contribution in [2.45, 2.75) is 13.3 Å². The molecule has 0 bridgehead atoms. The van der Waals surface area contributed by atoms with Crippen LogP contribution < -0.4 is 5.56 Å². The standard InChI is InChI=1S/C16H17N3O4/c1-10-2-4-12(5-3-10)19-14(20)8-13(17-19)15(21)18-7-6-11(9-18)16(22)23/h2-5,8,11,17H,6-7,9H2,1H3,(H,22,23)/t11-/m0/s1. The molecule has 0 unspecified atom stereocenters. The number of carboxylic acids is 1. The van der Waals surface area contributed by atoms with Crippen molar-refractivity contribution in [1.29, 1.82) is 0 Å². The van der Waals surface area contributed by atoms with E-state index in [9.17, 15) is 14.4 Å². The molecule has 7 nitrogen and oxygen atoms in total. The highest BCUT2D eigenvalue weighted by Crippen LogP contribution is 2.18. The maximum Gasteiger partial charge on any atom is 0.308 e. The number of aromatic nitrogens is 2. The lowest BCUT2D eigenvalue weighted by atomic mass is 10.1. The topological polar surface area (TPSA) is 95.4 Å². The number of likely N-dealkylation sites (tertiary alicyclic amines) is 1. The Kier molecular flexibility index (Phi) is 3.77. The number of aryl methyl sites for hydroxylation is 1. The van der Waals surface area contributed by atoms with Crippen molar-refractivity contribution in [3.63, 3.8) is 0 Å². The predicted octanol–water partition coefficient (Wildman–Crippen LogP) is 1.02. The third-order valence-corrected chi connectivity index (χ3v) is 4.07. The fourth-order valence-corrected chi connectivity index (χ4v) is 2.71. The molecule has 1 atom stereocenters. The van der Waals surface area contributed by atoms with Crippen LogP contribution in [0.2, 0.25) is 0 Å². The van der Waals surface area contributed by atoms with Crippen LogP contribution in [0.4, 0.5) is 0 Å². The summed E-state index contributed by atoms with van der Waals surface area (Å²) in [5.74, 6) is -1.78. The second kappa shape index (κ2) is 5.75. The van der Waals surface area contributed by atoms with Gasteiger partial charge in [0, 0.05) is 19.2 Å².